The van der Waals surface area contributed by atoms with E-state index in [2.05, 4.69) is 17.6 Å². The van der Waals surface area contributed by atoms with Gasteiger partial charge in [0, 0.05) is 19.5 Å². The second-order valence-corrected chi connectivity index (χ2v) is 5.84. The summed E-state index contributed by atoms with van der Waals surface area (Å²) >= 11 is 0. The molecule has 2 amide bonds. The number of rotatable bonds is 3. The van der Waals surface area contributed by atoms with Gasteiger partial charge in [0.1, 0.15) is 6.04 Å². The van der Waals surface area contributed by atoms with Crippen LogP contribution in [-0.2, 0) is 9.59 Å². The van der Waals surface area contributed by atoms with E-state index in [9.17, 15) is 9.59 Å². The minimum atomic E-state index is -0.321. The Hall–Kier alpha value is -0.810. The number of piperazine rings is 1. The molecule has 0 spiro atoms. The Labute approximate surface area is 127 Å². The van der Waals surface area contributed by atoms with E-state index in [1.807, 2.05) is 0 Å². The lowest BCUT2D eigenvalue weighted by atomic mass is 9.85. The average molecular weight is 304 g/mol. The summed E-state index contributed by atoms with van der Waals surface area (Å²) < 4.78 is 0. The molecule has 2 fully saturated rings. The summed E-state index contributed by atoms with van der Waals surface area (Å²) in [4.78, 5) is 25.6. The molecule has 0 aromatic heterocycles. The maximum atomic E-state index is 12.3. The molecule has 0 saturated carbocycles. The molecule has 20 heavy (non-hydrogen) atoms. The molecule has 0 aromatic carbocycles. The van der Waals surface area contributed by atoms with Gasteiger partial charge in [0.2, 0.25) is 11.8 Å². The lowest BCUT2D eigenvalue weighted by molar-refractivity contribution is -0.143. The number of nitrogens with one attached hydrogen (secondary N) is 2. The molecule has 2 saturated heterocycles. The van der Waals surface area contributed by atoms with Crippen LogP contribution in [0.25, 0.3) is 0 Å². The Morgan fingerprint density at radius 1 is 1.45 bits per heavy atom. The van der Waals surface area contributed by atoms with Crippen molar-refractivity contribution in [1.29, 1.82) is 0 Å². The molecule has 0 aromatic rings. The van der Waals surface area contributed by atoms with Crippen molar-refractivity contribution in [2.45, 2.75) is 39.2 Å². The van der Waals surface area contributed by atoms with Gasteiger partial charge in [-0.1, -0.05) is 6.92 Å². The van der Waals surface area contributed by atoms with Gasteiger partial charge in [-0.2, -0.15) is 0 Å². The number of amides is 2. The van der Waals surface area contributed by atoms with Gasteiger partial charge >= 0.3 is 0 Å². The van der Waals surface area contributed by atoms with Crippen molar-refractivity contribution < 1.29 is 9.59 Å². The molecule has 2 aliphatic rings. The molecule has 5 nitrogen and oxygen atoms in total. The van der Waals surface area contributed by atoms with E-state index >= 15 is 0 Å². The molecule has 3 unspecified atom stereocenters. The molecule has 3 atom stereocenters. The first-order chi connectivity index (χ1) is 9.09. The summed E-state index contributed by atoms with van der Waals surface area (Å²) in [5.74, 6) is 1.07. The SMILES string of the molecule is CC(CC(=O)N1CCNC(=O)C1C)C1CCCNC1.Cl. The molecule has 0 radical (unpaired) electrons. The number of carbonyl (C=O) groups is 2. The van der Waals surface area contributed by atoms with Crippen LogP contribution >= 0.6 is 12.4 Å². The van der Waals surface area contributed by atoms with Crippen molar-refractivity contribution in [3.63, 3.8) is 0 Å². The van der Waals surface area contributed by atoms with Crippen LogP contribution < -0.4 is 10.6 Å². The minimum Gasteiger partial charge on any atom is -0.353 e. The fourth-order valence-electron chi connectivity index (χ4n) is 3.05. The van der Waals surface area contributed by atoms with Gasteiger partial charge in [0.15, 0.2) is 0 Å². The highest BCUT2D eigenvalue weighted by Crippen LogP contribution is 2.23. The standard InChI is InChI=1S/C14H25N3O2.ClH/c1-10(12-4-3-5-15-9-12)8-13(18)17-7-6-16-14(19)11(17)2;/h10-12,15H,3-9H2,1-2H3,(H,16,19);1H. The Morgan fingerprint density at radius 3 is 2.85 bits per heavy atom. The first-order valence-corrected chi connectivity index (χ1v) is 7.37. The van der Waals surface area contributed by atoms with Crippen molar-refractivity contribution in [2.75, 3.05) is 26.2 Å². The van der Waals surface area contributed by atoms with E-state index in [-0.39, 0.29) is 30.3 Å². The van der Waals surface area contributed by atoms with E-state index < -0.39 is 0 Å². The second kappa shape index (κ2) is 7.84. The van der Waals surface area contributed by atoms with Gasteiger partial charge in [0.25, 0.3) is 0 Å². The maximum Gasteiger partial charge on any atom is 0.242 e. The van der Waals surface area contributed by atoms with E-state index in [0.717, 1.165) is 13.1 Å². The topological polar surface area (TPSA) is 61.4 Å². The number of carbonyl (C=O) groups excluding carboxylic acids is 2. The lowest BCUT2D eigenvalue weighted by Crippen LogP contribution is -2.56. The van der Waals surface area contributed by atoms with Crippen LogP contribution in [0, 0.1) is 11.8 Å². The lowest BCUT2D eigenvalue weighted by Gasteiger charge is -2.35. The van der Waals surface area contributed by atoms with Crippen LogP contribution in [0.4, 0.5) is 0 Å². The van der Waals surface area contributed by atoms with Crippen molar-refractivity contribution in [1.82, 2.24) is 15.5 Å². The Kier molecular flexibility index (Phi) is 6.76. The van der Waals surface area contributed by atoms with Gasteiger partial charge in [-0.3, -0.25) is 9.59 Å². The molecule has 6 heteroatoms. The van der Waals surface area contributed by atoms with Crippen LogP contribution in [0.15, 0.2) is 0 Å². The third-order valence-electron chi connectivity index (χ3n) is 4.46. The third-order valence-corrected chi connectivity index (χ3v) is 4.46. The van der Waals surface area contributed by atoms with Gasteiger partial charge in [-0.25, -0.2) is 0 Å². The van der Waals surface area contributed by atoms with E-state index in [1.165, 1.54) is 12.8 Å². The summed E-state index contributed by atoms with van der Waals surface area (Å²) in [6.07, 6.45) is 2.97. The van der Waals surface area contributed by atoms with Crippen molar-refractivity contribution in [2.24, 2.45) is 11.8 Å². The van der Waals surface area contributed by atoms with Crippen LogP contribution in [0.3, 0.4) is 0 Å². The molecule has 2 N–H and O–H groups in total. The fraction of sp³-hybridized carbons (Fsp3) is 0.857. The molecule has 2 rings (SSSR count). The number of nitrogens with zero attached hydrogens (tertiary/aromatic N) is 1. The van der Waals surface area contributed by atoms with Crippen molar-refractivity contribution in [3.8, 4) is 0 Å². The number of hydrogen-bond donors (Lipinski definition) is 2. The molecule has 2 aliphatic heterocycles. The van der Waals surface area contributed by atoms with Crippen LogP contribution in [0.2, 0.25) is 0 Å². The van der Waals surface area contributed by atoms with E-state index in [1.54, 1.807) is 11.8 Å². The second-order valence-electron chi connectivity index (χ2n) is 5.84. The van der Waals surface area contributed by atoms with Gasteiger partial charge in [-0.05, 0) is 44.7 Å². The summed E-state index contributed by atoms with van der Waals surface area (Å²) in [6, 6.07) is -0.321. The van der Waals surface area contributed by atoms with Crippen LogP contribution in [0.1, 0.15) is 33.1 Å². The predicted molar refractivity (Wildman–Crippen MR) is 80.8 cm³/mol. The number of halogens is 1. The number of piperidine rings is 1. The predicted octanol–water partition coefficient (Wildman–Crippen LogP) is 0.781. The number of hydrogen-bond acceptors (Lipinski definition) is 3. The molecular weight excluding hydrogens is 278 g/mol. The largest absolute Gasteiger partial charge is 0.353 e. The quantitative estimate of drug-likeness (QED) is 0.810. The van der Waals surface area contributed by atoms with Crippen LogP contribution in [0.5, 0.6) is 0 Å². The maximum absolute atomic E-state index is 12.3. The summed E-state index contributed by atoms with van der Waals surface area (Å²) in [6.45, 7) is 7.30. The Balaban J connectivity index is 0.00000200. The molecular formula is C14H26ClN3O2. The Bertz CT molecular complexity index is 345. The van der Waals surface area contributed by atoms with Crippen molar-refractivity contribution in [3.05, 3.63) is 0 Å². The Morgan fingerprint density at radius 2 is 2.20 bits per heavy atom. The van der Waals surface area contributed by atoms with Gasteiger partial charge < -0.3 is 15.5 Å². The zero-order valence-electron chi connectivity index (χ0n) is 12.4. The molecule has 2 heterocycles. The monoisotopic (exact) mass is 303 g/mol. The highest BCUT2D eigenvalue weighted by Gasteiger charge is 2.31. The first kappa shape index (κ1) is 17.2. The zero-order valence-corrected chi connectivity index (χ0v) is 13.2. The minimum absolute atomic E-state index is 0. The molecule has 0 aliphatic carbocycles. The zero-order chi connectivity index (χ0) is 13.8. The average Bonchev–Trinajstić information content (AvgIpc) is 2.42. The smallest absolute Gasteiger partial charge is 0.242 e. The first-order valence-electron chi connectivity index (χ1n) is 7.37. The van der Waals surface area contributed by atoms with E-state index in [0.29, 0.717) is 31.3 Å². The van der Waals surface area contributed by atoms with Gasteiger partial charge in [0.05, 0.1) is 0 Å². The van der Waals surface area contributed by atoms with Crippen molar-refractivity contribution >= 4 is 24.2 Å². The third kappa shape index (κ3) is 4.09. The fourth-order valence-corrected chi connectivity index (χ4v) is 3.05. The normalized spacial score (nSPS) is 28.3. The van der Waals surface area contributed by atoms with Gasteiger partial charge in [-0.15, -0.1) is 12.4 Å². The molecule has 0 bridgehead atoms. The van der Waals surface area contributed by atoms with E-state index in [4.69, 9.17) is 0 Å². The van der Waals surface area contributed by atoms with Crippen LogP contribution in [-0.4, -0.2) is 48.9 Å². The highest BCUT2D eigenvalue weighted by molar-refractivity contribution is 5.88. The summed E-state index contributed by atoms with van der Waals surface area (Å²) in [5, 5.41) is 6.19. The molecule has 116 valence electrons. The summed E-state index contributed by atoms with van der Waals surface area (Å²) in [7, 11) is 0. The highest BCUT2D eigenvalue weighted by atomic mass is 35.5. The summed E-state index contributed by atoms with van der Waals surface area (Å²) in [5.41, 5.74) is 0.